The van der Waals surface area contributed by atoms with Crippen molar-refractivity contribution in [1.29, 1.82) is 0 Å². The van der Waals surface area contributed by atoms with Gasteiger partial charge >= 0.3 is 0 Å². The van der Waals surface area contributed by atoms with Gasteiger partial charge < -0.3 is 10.6 Å². The molecule has 0 fully saturated rings. The molecule has 1 aromatic carbocycles. The molecule has 0 saturated carbocycles. The van der Waals surface area contributed by atoms with Crippen LogP contribution in [0.4, 0.5) is 0 Å². The predicted molar refractivity (Wildman–Crippen MR) is 84.9 cm³/mol. The van der Waals surface area contributed by atoms with Crippen LogP contribution in [-0.4, -0.2) is 24.5 Å². The van der Waals surface area contributed by atoms with Crippen molar-refractivity contribution in [3.05, 3.63) is 35.4 Å². The van der Waals surface area contributed by atoms with Crippen molar-refractivity contribution in [2.75, 3.05) is 6.54 Å². The van der Waals surface area contributed by atoms with Crippen LogP contribution in [-0.2, 0) is 11.2 Å². The Morgan fingerprint density at radius 2 is 1.95 bits per heavy atom. The lowest BCUT2D eigenvalue weighted by Gasteiger charge is -2.18. The van der Waals surface area contributed by atoms with Gasteiger partial charge in [0.2, 0.25) is 5.91 Å². The van der Waals surface area contributed by atoms with Gasteiger partial charge in [0.1, 0.15) is 0 Å². The average molecular weight is 276 g/mol. The molecule has 2 unspecified atom stereocenters. The first kappa shape index (κ1) is 16.7. The van der Waals surface area contributed by atoms with Gasteiger partial charge in [-0.3, -0.25) is 4.79 Å². The molecule has 0 aliphatic heterocycles. The molecule has 0 aliphatic rings. The maximum atomic E-state index is 12.0. The maximum Gasteiger partial charge on any atom is 0.237 e. The lowest BCUT2D eigenvalue weighted by Crippen LogP contribution is -2.45. The molecule has 0 aliphatic carbocycles. The molecule has 1 aromatic rings. The van der Waals surface area contributed by atoms with Crippen LogP contribution in [0.25, 0.3) is 0 Å². The largest absolute Gasteiger partial charge is 0.352 e. The molecule has 1 amide bonds. The van der Waals surface area contributed by atoms with Crippen LogP contribution in [0.1, 0.15) is 44.7 Å². The van der Waals surface area contributed by atoms with Crippen LogP contribution in [0, 0.1) is 6.92 Å². The Labute approximate surface area is 123 Å². The molecule has 0 spiro atoms. The van der Waals surface area contributed by atoms with E-state index in [0.29, 0.717) is 0 Å². The van der Waals surface area contributed by atoms with Crippen molar-refractivity contribution in [2.45, 2.75) is 59.0 Å². The fourth-order valence-electron chi connectivity index (χ4n) is 2.28. The molecular weight excluding hydrogens is 248 g/mol. The summed E-state index contributed by atoms with van der Waals surface area (Å²) in [5.74, 6) is 0.0933. The van der Waals surface area contributed by atoms with Crippen LogP contribution in [0.2, 0.25) is 0 Å². The summed E-state index contributed by atoms with van der Waals surface area (Å²) < 4.78 is 0. The molecule has 0 bridgehead atoms. The van der Waals surface area contributed by atoms with Gasteiger partial charge in [0.25, 0.3) is 0 Å². The number of nitrogens with one attached hydrogen (secondary N) is 2. The lowest BCUT2D eigenvalue weighted by molar-refractivity contribution is -0.123. The van der Waals surface area contributed by atoms with Crippen molar-refractivity contribution in [1.82, 2.24) is 10.6 Å². The van der Waals surface area contributed by atoms with E-state index >= 15 is 0 Å². The Morgan fingerprint density at radius 3 is 2.60 bits per heavy atom. The third kappa shape index (κ3) is 5.74. The van der Waals surface area contributed by atoms with E-state index in [1.165, 1.54) is 11.1 Å². The van der Waals surface area contributed by atoms with Gasteiger partial charge in [-0.05, 0) is 51.3 Å². The van der Waals surface area contributed by atoms with Gasteiger partial charge in [0, 0.05) is 6.04 Å². The lowest BCUT2D eigenvalue weighted by atomic mass is 10.1. The summed E-state index contributed by atoms with van der Waals surface area (Å²) >= 11 is 0. The highest BCUT2D eigenvalue weighted by Gasteiger charge is 2.13. The molecule has 1 rings (SSSR count). The molecule has 3 heteroatoms. The highest BCUT2D eigenvalue weighted by Crippen LogP contribution is 2.07. The second-order valence-corrected chi connectivity index (χ2v) is 5.55. The van der Waals surface area contributed by atoms with Gasteiger partial charge in [-0.25, -0.2) is 0 Å². The standard InChI is InChI=1S/C17H28N2O/c1-5-8-14(3)19-17(20)15(4)18-12-11-16-10-7-6-9-13(16)2/h6-7,9-10,14-15,18H,5,8,11-12H2,1-4H3,(H,19,20). The molecule has 112 valence electrons. The Kier molecular flexibility index (Phi) is 7.31. The first-order valence-electron chi connectivity index (χ1n) is 7.62. The van der Waals surface area contributed by atoms with E-state index in [1.807, 2.05) is 6.92 Å². The zero-order valence-electron chi connectivity index (χ0n) is 13.2. The highest BCUT2D eigenvalue weighted by atomic mass is 16.2. The van der Waals surface area contributed by atoms with Crippen molar-refractivity contribution in [2.24, 2.45) is 0 Å². The van der Waals surface area contributed by atoms with Gasteiger partial charge in [-0.15, -0.1) is 0 Å². The van der Waals surface area contributed by atoms with Gasteiger partial charge in [-0.2, -0.15) is 0 Å². The SMILES string of the molecule is CCCC(C)NC(=O)C(C)NCCc1ccccc1C. The fraction of sp³-hybridized carbons (Fsp3) is 0.588. The van der Waals surface area contributed by atoms with Crippen LogP contribution in [0.5, 0.6) is 0 Å². The fourth-order valence-corrected chi connectivity index (χ4v) is 2.28. The number of hydrogen-bond donors (Lipinski definition) is 2. The van der Waals surface area contributed by atoms with E-state index in [4.69, 9.17) is 0 Å². The number of aryl methyl sites for hydroxylation is 1. The van der Waals surface area contributed by atoms with Crippen molar-refractivity contribution in [3.8, 4) is 0 Å². The normalized spacial score (nSPS) is 13.8. The van der Waals surface area contributed by atoms with E-state index in [0.717, 1.165) is 25.8 Å². The van der Waals surface area contributed by atoms with Crippen LogP contribution >= 0.6 is 0 Å². The minimum atomic E-state index is -0.140. The Bertz CT molecular complexity index is 417. The van der Waals surface area contributed by atoms with Crippen molar-refractivity contribution < 1.29 is 4.79 Å². The number of amides is 1. The molecule has 0 saturated heterocycles. The number of rotatable bonds is 8. The predicted octanol–water partition coefficient (Wildman–Crippen LogP) is 2.82. The summed E-state index contributed by atoms with van der Waals surface area (Å²) in [6.07, 6.45) is 3.08. The zero-order chi connectivity index (χ0) is 15.0. The summed E-state index contributed by atoms with van der Waals surface area (Å²) in [5, 5.41) is 6.33. The summed E-state index contributed by atoms with van der Waals surface area (Å²) in [6.45, 7) is 9.05. The molecule has 3 nitrogen and oxygen atoms in total. The number of carbonyl (C=O) groups is 1. The maximum absolute atomic E-state index is 12.0. The zero-order valence-corrected chi connectivity index (χ0v) is 13.2. The Balaban J connectivity index is 2.31. The molecular formula is C17H28N2O. The second-order valence-electron chi connectivity index (χ2n) is 5.55. The van der Waals surface area contributed by atoms with Gasteiger partial charge in [0.05, 0.1) is 6.04 Å². The minimum absolute atomic E-state index is 0.0933. The third-order valence-corrected chi connectivity index (χ3v) is 3.61. The average Bonchev–Trinajstić information content (AvgIpc) is 2.41. The van der Waals surface area contributed by atoms with Crippen LogP contribution < -0.4 is 10.6 Å². The van der Waals surface area contributed by atoms with E-state index in [-0.39, 0.29) is 18.0 Å². The summed E-state index contributed by atoms with van der Waals surface area (Å²) in [6, 6.07) is 8.50. The van der Waals surface area contributed by atoms with Gasteiger partial charge in [0.15, 0.2) is 0 Å². The quantitative estimate of drug-likeness (QED) is 0.766. The second kappa shape index (κ2) is 8.75. The number of benzene rings is 1. The monoisotopic (exact) mass is 276 g/mol. The molecule has 2 N–H and O–H groups in total. The Hall–Kier alpha value is -1.35. The summed E-state index contributed by atoms with van der Waals surface area (Å²) in [7, 11) is 0. The van der Waals surface area contributed by atoms with E-state index in [9.17, 15) is 4.79 Å². The van der Waals surface area contributed by atoms with Crippen LogP contribution in [0.3, 0.4) is 0 Å². The smallest absolute Gasteiger partial charge is 0.237 e. The molecule has 0 aromatic heterocycles. The first-order valence-corrected chi connectivity index (χ1v) is 7.62. The number of hydrogen-bond acceptors (Lipinski definition) is 2. The van der Waals surface area contributed by atoms with E-state index in [2.05, 4.69) is 55.7 Å². The third-order valence-electron chi connectivity index (χ3n) is 3.61. The molecule has 2 atom stereocenters. The van der Waals surface area contributed by atoms with E-state index in [1.54, 1.807) is 0 Å². The molecule has 0 heterocycles. The Morgan fingerprint density at radius 1 is 1.25 bits per heavy atom. The van der Waals surface area contributed by atoms with Crippen molar-refractivity contribution in [3.63, 3.8) is 0 Å². The summed E-state index contributed by atoms with van der Waals surface area (Å²) in [5.41, 5.74) is 2.65. The van der Waals surface area contributed by atoms with E-state index < -0.39 is 0 Å². The highest BCUT2D eigenvalue weighted by molar-refractivity contribution is 5.81. The molecule has 20 heavy (non-hydrogen) atoms. The van der Waals surface area contributed by atoms with Crippen molar-refractivity contribution >= 4 is 5.91 Å². The number of carbonyl (C=O) groups excluding carboxylic acids is 1. The van der Waals surface area contributed by atoms with Gasteiger partial charge in [-0.1, -0.05) is 37.6 Å². The minimum Gasteiger partial charge on any atom is -0.352 e. The first-order chi connectivity index (χ1) is 9.54. The van der Waals surface area contributed by atoms with Crippen LogP contribution in [0.15, 0.2) is 24.3 Å². The topological polar surface area (TPSA) is 41.1 Å². The summed E-state index contributed by atoms with van der Waals surface area (Å²) in [4.78, 5) is 12.0. The molecule has 0 radical (unpaired) electrons.